The number of Topliss-reactive ketones (excluding diaryl/α,β-unsaturated/α-hetero) is 1. The van der Waals surface area contributed by atoms with Gasteiger partial charge in [-0.05, 0) is 32.3 Å². The summed E-state index contributed by atoms with van der Waals surface area (Å²) in [5.74, 6) is 0.140. The smallest absolute Gasteiger partial charge is 0.167 e. The first-order valence-corrected chi connectivity index (χ1v) is 7.29. The van der Waals surface area contributed by atoms with Gasteiger partial charge in [-0.15, -0.1) is 0 Å². The Bertz CT molecular complexity index is 763. The zero-order valence-corrected chi connectivity index (χ0v) is 12.4. The van der Waals surface area contributed by atoms with E-state index >= 15 is 0 Å². The standard InChI is InChI=1S/C18H13BrO/c19-18-15(11-10-13-6-4-5-9-16(13)18)12-17(20)14-7-2-1-3-8-14/h1-11H,12H2. The minimum absolute atomic E-state index is 0.140. The highest BCUT2D eigenvalue weighted by Gasteiger charge is 2.10. The fourth-order valence-corrected chi connectivity index (χ4v) is 2.95. The summed E-state index contributed by atoms with van der Waals surface area (Å²) in [7, 11) is 0. The van der Waals surface area contributed by atoms with Gasteiger partial charge in [0.2, 0.25) is 0 Å². The van der Waals surface area contributed by atoms with Crippen molar-refractivity contribution in [3.63, 3.8) is 0 Å². The van der Waals surface area contributed by atoms with Crippen LogP contribution < -0.4 is 0 Å². The number of carbonyl (C=O) groups excluding carboxylic acids is 1. The van der Waals surface area contributed by atoms with E-state index in [0.29, 0.717) is 6.42 Å². The summed E-state index contributed by atoms with van der Waals surface area (Å²) in [6, 6.07) is 21.7. The Kier molecular flexibility index (Phi) is 3.66. The molecular formula is C18H13BrO. The summed E-state index contributed by atoms with van der Waals surface area (Å²) >= 11 is 3.63. The molecule has 0 bridgehead atoms. The van der Waals surface area contributed by atoms with Crippen molar-refractivity contribution in [3.8, 4) is 0 Å². The molecule has 3 aromatic carbocycles. The predicted molar refractivity (Wildman–Crippen MR) is 86.1 cm³/mol. The molecule has 0 aliphatic carbocycles. The Balaban J connectivity index is 1.95. The van der Waals surface area contributed by atoms with Crippen LogP contribution in [0.3, 0.4) is 0 Å². The van der Waals surface area contributed by atoms with Gasteiger partial charge in [-0.2, -0.15) is 0 Å². The third-order valence-corrected chi connectivity index (χ3v) is 4.33. The van der Waals surface area contributed by atoms with Gasteiger partial charge >= 0.3 is 0 Å². The molecule has 0 aromatic heterocycles. The molecule has 0 fully saturated rings. The third kappa shape index (κ3) is 2.52. The largest absolute Gasteiger partial charge is 0.294 e. The average molecular weight is 325 g/mol. The Hall–Kier alpha value is -1.93. The van der Waals surface area contributed by atoms with Gasteiger partial charge in [-0.3, -0.25) is 4.79 Å². The number of carbonyl (C=O) groups is 1. The molecule has 20 heavy (non-hydrogen) atoms. The van der Waals surface area contributed by atoms with Crippen LogP contribution in [-0.2, 0) is 6.42 Å². The van der Waals surface area contributed by atoms with E-state index in [-0.39, 0.29) is 5.78 Å². The monoisotopic (exact) mass is 324 g/mol. The minimum atomic E-state index is 0.140. The summed E-state index contributed by atoms with van der Waals surface area (Å²) < 4.78 is 1.01. The molecule has 1 nitrogen and oxygen atoms in total. The van der Waals surface area contributed by atoms with Gasteiger partial charge in [-0.25, -0.2) is 0 Å². The van der Waals surface area contributed by atoms with Crippen LogP contribution in [0.15, 0.2) is 71.2 Å². The van der Waals surface area contributed by atoms with Crippen LogP contribution in [0.4, 0.5) is 0 Å². The maximum atomic E-state index is 12.3. The molecule has 98 valence electrons. The Morgan fingerprint density at radius 2 is 1.55 bits per heavy atom. The zero-order valence-electron chi connectivity index (χ0n) is 10.8. The van der Waals surface area contributed by atoms with E-state index < -0.39 is 0 Å². The summed E-state index contributed by atoms with van der Waals surface area (Å²) in [6.07, 6.45) is 0.412. The molecule has 0 amide bonds. The van der Waals surface area contributed by atoms with Gasteiger partial charge in [0.05, 0.1) is 0 Å². The van der Waals surface area contributed by atoms with E-state index in [4.69, 9.17) is 0 Å². The molecule has 0 unspecified atom stereocenters. The summed E-state index contributed by atoms with van der Waals surface area (Å²) in [4.78, 5) is 12.3. The Labute approximate surface area is 126 Å². The minimum Gasteiger partial charge on any atom is -0.294 e. The van der Waals surface area contributed by atoms with Crippen molar-refractivity contribution in [2.45, 2.75) is 6.42 Å². The highest BCUT2D eigenvalue weighted by Crippen LogP contribution is 2.28. The number of halogens is 1. The number of rotatable bonds is 3. The highest BCUT2D eigenvalue weighted by atomic mass is 79.9. The molecule has 0 radical (unpaired) electrons. The molecule has 3 aromatic rings. The summed E-state index contributed by atoms with van der Waals surface area (Å²) in [5, 5.41) is 2.32. The van der Waals surface area contributed by atoms with Crippen LogP contribution in [0.1, 0.15) is 15.9 Å². The molecule has 0 aliphatic rings. The molecule has 0 aliphatic heterocycles. The first-order valence-electron chi connectivity index (χ1n) is 6.50. The summed E-state index contributed by atoms with van der Waals surface area (Å²) in [6.45, 7) is 0. The van der Waals surface area contributed by atoms with Crippen molar-refractivity contribution in [1.29, 1.82) is 0 Å². The van der Waals surface area contributed by atoms with E-state index in [0.717, 1.165) is 21.0 Å². The normalized spacial score (nSPS) is 10.7. The van der Waals surface area contributed by atoms with Crippen LogP contribution in [0.5, 0.6) is 0 Å². The van der Waals surface area contributed by atoms with E-state index in [9.17, 15) is 4.79 Å². The van der Waals surface area contributed by atoms with Gasteiger partial charge in [0.25, 0.3) is 0 Å². The van der Waals surface area contributed by atoms with Crippen molar-refractivity contribution >= 4 is 32.5 Å². The number of hydrogen-bond donors (Lipinski definition) is 0. The summed E-state index contributed by atoms with van der Waals surface area (Å²) in [5.41, 5.74) is 1.78. The molecule has 0 saturated carbocycles. The molecule has 0 heterocycles. The molecule has 0 saturated heterocycles. The van der Waals surface area contributed by atoms with Gasteiger partial charge in [0.1, 0.15) is 0 Å². The lowest BCUT2D eigenvalue weighted by atomic mass is 10.0. The Morgan fingerprint density at radius 1 is 0.850 bits per heavy atom. The number of benzene rings is 3. The van der Waals surface area contributed by atoms with Gasteiger partial charge in [-0.1, -0.05) is 66.7 Å². The molecule has 0 spiro atoms. The van der Waals surface area contributed by atoms with Crippen LogP contribution in [-0.4, -0.2) is 5.78 Å². The lowest BCUT2D eigenvalue weighted by Crippen LogP contribution is -2.03. The number of fused-ring (bicyclic) bond motifs is 1. The quantitative estimate of drug-likeness (QED) is 0.618. The van der Waals surface area contributed by atoms with Gasteiger partial charge in [0.15, 0.2) is 5.78 Å². The highest BCUT2D eigenvalue weighted by molar-refractivity contribution is 9.10. The van der Waals surface area contributed by atoms with Crippen molar-refractivity contribution < 1.29 is 4.79 Å². The van der Waals surface area contributed by atoms with Gasteiger partial charge < -0.3 is 0 Å². The van der Waals surface area contributed by atoms with Gasteiger partial charge in [0, 0.05) is 16.5 Å². The predicted octanol–water partition coefficient (Wildman–Crippen LogP) is 5.03. The first kappa shape index (κ1) is 13.1. The first-order chi connectivity index (χ1) is 9.75. The van der Waals surface area contributed by atoms with E-state index in [2.05, 4.69) is 34.1 Å². The molecule has 2 heteroatoms. The lowest BCUT2D eigenvalue weighted by molar-refractivity contribution is 0.0993. The fraction of sp³-hybridized carbons (Fsp3) is 0.0556. The molecular weight excluding hydrogens is 312 g/mol. The number of hydrogen-bond acceptors (Lipinski definition) is 1. The van der Waals surface area contributed by atoms with Crippen molar-refractivity contribution in [1.82, 2.24) is 0 Å². The lowest BCUT2D eigenvalue weighted by Gasteiger charge is -2.07. The maximum absolute atomic E-state index is 12.3. The van der Waals surface area contributed by atoms with Crippen LogP contribution >= 0.6 is 15.9 Å². The van der Waals surface area contributed by atoms with Crippen LogP contribution in [0.25, 0.3) is 10.8 Å². The van der Waals surface area contributed by atoms with E-state index in [1.807, 2.05) is 48.5 Å². The zero-order chi connectivity index (χ0) is 13.9. The topological polar surface area (TPSA) is 17.1 Å². The Morgan fingerprint density at radius 3 is 2.35 bits per heavy atom. The molecule has 3 rings (SSSR count). The van der Waals surface area contributed by atoms with Crippen molar-refractivity contribution in [2.24, 2.45) is 0 Å². The second-order valence-corrected chi connectivity index (χ2v) is 5.52. The number of ketones is 1. The van der Waals surface area contributed by atoms with E-state index in [1.54, 1.807) is 0 Å². The van der Waals surface area contributed by atoms with E-state index in [1.165, 1.54) is 5.39 Å². The van der Waals surface area contributed by atoms with Crippen molar-refractivity contribution in [2.75, 3.05) is 0 Å². The second kappa shape index (κ2) is 5.59. The average Bonchev–Trinajstić information content (AvgIpc) is 2.51. The SMILES string of the molecule is O=C(Cc1ccc2ccccc2c1Br)c1ccccc1. The van der Waals surface area contributed by atoms with Crippen molar-refractivity contribution in [3.05, 3.63) is 82.3 Å². The third-order valence-electron chi connectivity index (χ3n) is 3.39. The molecule has 0 N–H and O–H groups in total. The van der Waals surface area contributed by atoms with Crippen LogP contribution in [0.2, 0.25) is 0 Å². The second-order valence-electron chi connectivity index (χ2n) is 4.73. The maximum Gasteiger partial charge on any atom is 0.167 e. The molecule has 0 atom stereocenters. The fourth-order valence-electron chi connectivity index (χ4n) is 2.31. The van der Waals surface area contributed by atoms with Crippen LogP contribution in [0, 0.1) is 0 Å².